The second kappa shape index (κ2) is 7.45. The highest BCUT2D eigenvalue weighted by atomic mass is 35.5. The van der Waals surface area contributed by atoms with Gasteiger partial charge in [-0.1, -0.05) is 35.8 Å². The van der Waals surface area contributed by atoms with Gasteiger partial charge >= 0.3 is 0 Å². The van der Waals surface area contributed by atoms with Crippen LogP contribution in [-0.4, -0.2) is 23.2 Å². The van der Waals surface area contributed by atoms with Crippen LogP contribution in [0.3, 0.4) is 0 Å². The number of halogens is 1. The number of benzene rings is 1. The van der Waals surface area contributed by atoms with Gasteiger partial charge in [0.15, 0.2) is 5.78 Å². The summed E-state index contributed by atoms with van der Waals surface area (Å²) in [6, 6.07) is 7.39. The molecule has 0 radical (unpaired) electrons. The summed E-state index contributed by atoms with van der Waals surface area (Å²) in [4.78, 5) is 17.5. The molecule has 1 atom stereocenters. The van der Waals surface area contributed by atoms with Gasteiger partial charge in [0.1, 0.15) is 12.4 Å². The first-order valence-corrected chi connectivity index (χ1v) is 7.84. The normalized spacial score (nSPS) is 19.5. The number of hydrogen-bond donors (Lipinski definition) is 1. The molecule has 5 heteroatoms. The van der Waals surface area contributed by atoms with Crippen LogP contribution in [0, 0.1) is 0 Å². The van der Waals surface area contributed by atoms with Crippen molar-refractivity contribution in [1.29, 1.82) is 0 Å². The third kappa shape index (κ3) is 3.69. The van der Waals surface area contributed by atoms with E-state index in [0.717, 1.165) is 5.56 Å². The van der Waals surface area contributed by atoms with Crippen LogP contribution in [0.15, 0.2) is 40.8 Å². The minimum absolute atomic E-state index is 0.0290. The molecule has 118 valence electrons. The lowest BCUT2D eigenvalue weighted by Gasteiger charge is -2.24. The number of rotatable bonds is 5. The zero-order valence-corrected chi connectivity index (χ0v) is 13.6. The number of allylic oxidation sites excluding steroid dienone is 2. The van der Waals surface area contributed by atoms with Gasteiger partial charge in [0.25, 0.3) is 0 Å². The summed E-state index contributed by atoms with van der Waals surface area (Å²) in [5.41, 5.74) is 1.84. The highest BCUT2D eigenvalue weighted by Crippen LogP contribution is 2.34. The minimum Gasteiger partial charge on any atom is -0.511 e. The zero-order valence-electron chi connectivity index (χ0n) is 12.8. The van der Waals surface area contributed by atoms with Gasteiger partial charge in [0.2, 0.25) is 0 Å². The molecular formula is C17H20ClNO3. The Bertz CT molecular complexity index is 605. The minimum atomic E-state index is -0.0935. The smallest absolute Gasteiger partial charge is 0.168 e. The first-order valence-electron chi connectivity index (χ1n) is 7.46. The average Bonchev–Trinajstić information content (AvgIpc) is 2.50. The van der Waals surface area contributed by atoms with E-state index < -0.39 is 0 Å². The highest BCUT2D eigenvalue weighted by Gasteiger charge is 2.31. The second-order valence-electron chi connectivity index (χ2n) is 5.21. The molecule has 0 amide bonds. The molecule has 0 aliphatic heterocycles. The fourth-order valence-corrected chi connectivity index (χ4v) is 2.75. The van der Waals surface area contributed by atoms with Crippen molar-refractivity contribution in [2.24, 2.45) is 5.16 Å². The van der Waals surface area contributed by atoms with Crippen molar-refractivity contribution in [3.63, 3.8) is 0 Å². The summed E-state index contributed by atoms with van der Waals surface area (Å²) in [7, 11) is 0. The maximum atomic E-state index is 12.4. The first kappa shape index (κ1) is 16.6. The van der Waals surface area contributed by atoms with Crippen molar-refractivity contribution in [3.05, 3.63) is 46.2 Å². The van der Waals surface area contributed by atoms with E-state index in [0.29, 0.717) is 42.2 Å². The van der Waals surface area contributed by atoms with Crippen LogP contribution in [0.4, 0.5) is 0 Å². The second-order valence-corrected chi connectivity index (χ2v) is 5.65. The molecule has 1 aromatic rings. The molecule has 1 aromatic carbocycles. The standard InChI is InChI=1S/C17H20ClNO3/c1-3-14(19-22-4-2)17-15(20)9-12(10-16(17)21)11-5-7-13(18)8-6-11/h5-8,12,20H,3-4,9-10H2,1-2H3. The molecule has 4 nitrogen and oxygen atoms in total. The lowest BCUT2D eigenvalue weighted by atomic mass is 9.81. The van der Waals surface area contributed by atoms with Crippen LogP contribution in [0.1, 0.15) is 44.6 Å². The van der Waals surface area contributed by atoms with Gasteiger partial charge in [-0.25, -0.2) is 0 Å². The molecule has 1 aliphatic rings. The van der Waals surface area contributed by atoms with Gasteiger partial charge in [0.05, 0.1) is 11.3 Å². The Labute approximate surface area is 135 Å². The quantitative estimate of drug-likeness (QED) is 0.646. The number of aliphatic hydroxyl groups is 1. The lowest BCUT2D eigenvalue weighted by molar-refractivity contribution is -0.116. The fourth-order valence-electron chi connectivity index (χ4n) is 2.62. The number of aliphatic hydroxyl groups excluding tert-OH is 1. The van der Waals surface area contributed by atoms with E-state index in [1.807, 2.05) is 26.0 Å². The number of Topliss-reactive ketones (excluding diaryl/α,β-unsaturated/α-hetero) is 1. The predicted molar refractivity (Wildman–Crippen MR) is 87.4 cm³/mol. The SMILES string of the molecule is CCON=C(CC)C1=C(O)CC(c2ccc(Cl)cc2)CC1=O. The van der Waals surface area contributed by atoms with Crippen molar-refractivity contribution in [2.45, 2.75) is 39.0 Å². The fraction of sp³-hybridized carbons (Fsp3) is 0.412. The Kier molecular flexibility index (Phi) is 5.61. The molecule has 0 fully saturated rings. The van der Waals surface area contributed by atoms with Crippen molar-refractivity contribution in [2.75, 3.05) is 6.61 Å². The van der Waals surface area contributed by atoms with E-state index >= 15 is 0 Å². The summed E-state index contributed by atoms with van der Waals surface area (Å²) in [6.07, 6.45) is 1.32. The third-order valence-electron chi connectivity index (χ3n) is 3.71. The van der Waals surface area contributed by atoms with E-state index in [4.69, 9.17) is 16.4 Å². The average molecular weight is 322 g/mol. The topological polar surface area (TPSA) is 58.9 Å². The molecule has 0 spiro atoms. The van der Waals surface area contributed by atoms with Gasteiger partial charge in [-0.3, -0.25) is 4.79 Å². The first-order chi connectivity index (χ1) is 10.6. The molecule has 1 aliphatic carbocycles. The molecule has 1 N–H and O–H groups in total. The molecule has 0 aromatic heterocycles. The van der Waals surface area contributed by atoms with E-state index in [2.05, 4.69) is 5.16 Å². The molecule has 2 rings (SSSR count). The molecular weight excluding hydrogens is 302 g/mol. The number of carbonyl (C=O) groups excluding carboxylic acids is 1. The Morgan fingerprint density at radius 1 is 1.32 bits per heavy atom. The van der Waals surface area contributed by atoms with Gasteiger partial charge < -0.3 is 9.94 Å². The van der Waals surface area contributed by atoms with Crippen LogP contribution in [0.25, 0.3) is 0 Å². The van der Waals surface area contributed by atoms with E-state index in [-0.39, 0.29) is 17.5 Å². The van der Waals surface area contributed by atoms with E-state index in [1.165, 1.54) is 0 Å². The number of nitrogens with zero attached hydrogens (tertiary/aromatic N) is 1. The summed E-state index contributed by atoms with van der Waals surface area (Å²) < 4.78 is 0. The van der Waals surface area contributed by atoms with Crippen LogP contribution in [-0.2, 0) is 9.63 Å². The monoisotopic (exact) mass is 321 g/mol. The van der Waals surface area contributed by atoms with E-state index in [1.54, 1.807) is 12.1 Å². The van der Waals surface area contributed by atoms with Crippen molar-refractivity contribution >= 4 is 23.1 Å². The number of hydrogen-bond acceptors (Lipinski definition) is 4. The maximum absolute atomic E-state index is 12.4. The number of carbonyl (C=O) groups is 1. The van der Waals surface area contributed by atoms with Crippen LogP contribution >= 0.6 is 11.6 Å². The number of oxime groups is 1. The molecule has 0 saturated carbocycles. The summed E-state index contributed by atoms with van der Waals surface area (Å²) >= 11 is 5.88. The Morgan fingerprint density at radius 2 is 2.00 bits per heavy atom. The molecule has 0 heterocycles. The van der Waals surface area contributed by atoms with Crippen LogP contribution in [0.5, 0.6) is 0 Å². The Morgan fingerprint density at radius 3 is 2.55 bits per heavy atom. The number of ketones is 1. The van der Waals surface area contributed by atoms with Gasteiger partial charge in [-0.2, -0.15) is 0 Å². The molecule has 0 bridgehead atoms. The van der Waals surface area contributed by atoms with Crippen LogP contribution in [0.2, 0.25) is 5.02 Å². The van der Waals surface area contributed by atoms with Crippen molar-refractivity contribution in [1.82, 2.24) is 0 Å². The van der Waals surface area contributed by atoms with Crippen molar-refractivity contribution < 1.29 is 14.7 Å². The molecule has 22 heavy (non-hydrogen) atoms. The summed E-state index contributed by atoms with van der Waals surface area (Å²) in [5, 5.41) is 14.9. The summed E-state index contributed by atoms with van der Waals surface area (Å²) in [6.45, 7) is 4.14. The highest BCUT2D eigenvalue weighted by molar-refractivity contribution is 6.30. The summed E-state index contributed by atoms with van der Waals surface area (Å²) in [5.74, 6) is -0.0285. The van der Waals surface area contributed by atoms with Gasteiger partial charge in [0, 0.05) is 17.9 Å². The molecule has 1 unspecified atom stereocenters. The Hall–Kier alpha value is -1.81. The van der Waals surface area contributed by atoms with Crippen molar-refractivity contribution in [3.8, 4) is 0 Å². The predicted octanol–water partition coefficient (Wildman–Crippen LogP) is 4.40. The molecule has 0 saturated heterocycles. The third-order valence-corrected chi connectivity index (χ3v) is 3.96. The van der Waals surface area contributed by atoms with E-state index in [9.17, 15) is 9.90 Å². The zero-order chi connectivity index (χ0) is 16.1. The lowest BCUT2D eigenvalue weighted by Crippen LogP contribution is -2.23. The largest absolute Gasteiger partial charge is 0.511 e. The van der Waals surface area contributed by atoms with Crippen LogP contribution < -0.4 is 0 Å². The maximum Gasteiger partial charge on any atom is 0.168 e. The van der Waals surface area contributed by atoms with Gasteiger partial charge in [-0.05, 0) is 37.0 Å². The van der Waals surface area contributed by atoms with Gasteiger partial charge in [-0.15, -0.1) is 0 Å². The Balaban J connectivity index is 2.26.